The van der Waals surface area contributed by atoms with Crippen molar-refractivity contribution < 1.29 is 55.6 Å². The molecule has 0 unspecified atom stereocenters. The zero-order valence-electron chi connectivity index (χ0n) is 19.9. The van der Waals surface area contributed by atoms with E-state index in [0.29, 0.717) is 17.9 Å². The molecule has 2 N–H and O–H groups in total. The Morgan fingerprint density at radius 2 is 1.50 bits per heavy atom. The molecule has 0 saturated carbocycles. The molecule has 14 heteroatoms. The Labute approximate surface area is 213 Å². The van der Waals surface area contributed by atoms with E-state index in [1.54, 1.807) is 12.4 Å². The van der Waals surface area contributed by atoms with E-state index in [4.69, 9.17) is 29.3 Å². The Morgan fingerprint density at radius 1 is 0.947 bits per heavy atom. The molecule has 3 atom stereocenters. The highest BCUT2D eigenvalue weighted by Crippen LogP contribution is 2.34. The van der Waals surface area contributed by atoms with Gasteiger partial charge in [-0.1, -0.05) is 30.3 Å². The van der Waals surface area contributed by atoms with Crippen LogP contribution < -0.4 is 4.74 Å². The smallest absolute Gasteiger partial charge is 0.490 e. The van der Waals surface area contributed by atoms with E-state index in [2.05, 4.69) is 40.2 Å². The number of carboxylic acids is 2. The summed E-state index contributed by atoms with van der Waals surface area (Å²) in [6, 6.07) is 14.5. The number of fused-ring (bicyclic) bond motifs is 1. The van der Waals surface area contributed by atoms with Crippen molar-refractivity contribution in [3.63, 3.8) is 0 Å². The zero-order chi connectivity index (χ0) is 28.3. The highest BCUT2D eigenvalue weighted by atomic mass is 19.4. The van der Waals surface area contributed by atoms with Crippen molar-refractivity contribution in [1.29, 1.82) is 0 Å². The average molecular weight is 552 g/mol. The number of alkyl halides is 6. The highest BCUT2D eigenvalue weighted by Gasteiger charge is 2.44. The number of pyridine rings is 1. The molecule has 0 spiro atoms. The summed E-state index contributed by atoms with van der Waals surface area (Å²) < 4.78 is 75.4. The fourth-order valence-corrected chi connectivity index (χ4v) is 3.80. The summed E-state index contributed by atoms with van der Waals surface area (Å²) in [5, 5.41) is 14.2. The quantitative estimate of drug-likeness (QED) is 0.520. The van der Waals surface area contributed by atoms with Gasteiger partial charge in [0.1, 0.15) is 5.75 Å². The van der Waals surface area contributed by atoms with E-state index in [1.165, 1.54) is 5.56 Å². The number of benzene rings is 1. The van der Waals surface area contributed by atoms with Crippen LogP contribution in [0.1, 0.15) is 5.56 Å². The van der Waals surface area contributed by atoms with Gasteiger partial charge in [-0.3, -0.25) is 4.98 Å². The van der Waals surface area contributed by atoms with Gasteiger partial charge in [0.15, 0.2) is 0 Å². The first-order valence-corrected chi connectivity index (χ1v) is 11.3. The number of halogens is 6. The number of carboxylic acid groups (broad SMARTS) is 2. The number of ether oxygens (including phenoxy) is 2. The van der Waals surface area contributed by atoms with Gasteiger partial charge in [0.05, 0.1) is 19.3 Å². The van der Waals surface area contributed by atoms with Gasteiger partial charge in [-0.05, 0) is 24.1 Å². The lowest BCUT2D eigenvalue weighted by Crippen LogP contribution is -2.28. The van der Waals surface area contributed by atoms with Crippen molar-refractivity contribution in [1.82, 2.24) is 9.88 Å². The van der Waals surface area contributed by atoms with Crippen LogP contribution in [-0.2, 0) is 20.7 Å². The maximum atomic E-state index is 10.6. The predicted molar refractivity (Wildman–Crippen MR) is 120 cm³/mol. The molecule has 0 radical (unpaired) electrons. The Balaban J connectivity index is 0.000000301. The van der Waals surface area contributed by atoms with E-state index >= 15 is 0 Å². The lowest BCUT2D eigenvalue weighted by molar-refractivity contribution is -0.193. The second kappa shape index (κ2) is 14.0. The van der Waals surface area contributed by atoms with Crippen LogP contribution >= 0.6 is 0 Å². The first kappa shape index (κ1) is 30.8. The van der Waals surface area contributed by atoms with Crippen molar-refractivity contribution >= 4 is 11.9 Å². The predicted octanol–water partition coefficient (Wildman–Crippen LogP) is 3.92. The Kier molecular flexibility index (Phi) is 11.3. The molecule has 3 heterocycles. The molecule has 2 aliphatic heterocycles. The maximum Gasteiger partial charge on any atom is 0.490 e. The number of likely N-dealkylation sites (tertiary alicyclic amines) is 1. The van der Waals surface area contributed by atoms with Crippen molar-refractivity contribution in [2.24, 2.45) is 11.8 Å². The summed E-state index contributed by atoms with van der Waals surface area (Å²) in [5.41, 5.74) is 1.41. The number of aliphatic carboxylic acids is 2. The van der Waals surface area contributed by atoms with Gasteiger partial charge in [0.2, 0.25) is 0 Å². The van der Waals surface area contributed by atoms with E-state index < -0.39 is 24.3 Å². The van der Waals surface area contributed by atoms with Crippen LogP contribution in [0.2, 0.25) is 0 Å². The summed E-state index contributed by atoms with van der Waals surface area (Å²) >= 11 is 0. The van der Waals surface area contributed by atoms with Crippen LogP contribution in [0.15, 0.2) is 54.9 Å². The van der Waals surface area contributed by atoms with E-state index in [0.717, 1.165) is 45.0 Å². The van der Waals surface area contributed by atoms with Gasteiger partial charge >= 0.3 is 24.3 Å². The first-order chi connectivity index (χ1) is 17.8. The molecule has 210 valence electrons. The topological polar surface area (TPSA) is 109 Å². The van der Waals surface area contributed by atoms with Crippen LogP contribution in [-0.4, -0.2) is 83.3 Å². The van der Waals surface area contributed by atoms with Crippen LogP contribution in [0.4, 0.5) is 26.3 Å². The number of rotatable bonds is 6. The maximum absolute atomic E-state index is 10.6. The molecule has 1 aromatic heterocycles. The van der Waals surface area contributed by atoms with Crippen molar-refractivity contribution in [2.45, 2.75) is 24.9 Å². The number of hydrogen-bond donors (Lipinski definition) is 2. The Hall–Kier alpha value is -3.39. The number of aromatic nitrogens is 1. The number of hydrogen-bond acceptors (Lipinski definition) is 6. The number of carbonyl (C=O) groups is 2. The molecule has 0 amide bonds. The lowest BCUT2D eigenvalue weighted by atomic mass is 9.94. The minimum Gasteiger partial charge on any atom is -0.493 e. The molecule has 2 saturated heterocycles. The van der Waals surface area contributed by atoms with Gasteiger partial charge in [0, 0.05) is 43.9 Å². The van der Waals surface area contributed by atoms with E-state index in [-0.39, 0.29) is 0 Å². The number of nitrogens with zero attached hydrogens (tertiary/aromatic N) is 2. The molecular formula is C24H26F6N2O6. The second-order valence-electron chi connectivity index (χ2n) is 8.39. The van der Waals surface area contributed by atoms with Crippen molar-refractivity contribution in [2.75, 3.05) is 32.8 Å². The fourth-order valence-electron chi connectivity index (χ4n) is 3.80. The van der Waals surface area contributed by atoms with E-state index in [9.17, 15) is 26.3 Å². The first-order valence-electron chi connectivity index (χ1n) is 11.3. The largest absolute Gasteiger partial charge is 0.493 e. The van der Waals surface area contributed by atoms with Crippen molar-refractivity contribution in [3.05, 3.63) is 60.4 Å². The van der Waals surface area contributed by atoms with Crippen LogP contribution in [0.3, 0.4) is 0 Å². The van der Waals surface area contributed by atoms with Crippen molar-refractivity contribution in [3.8, 4) is 5.75 Å². The summed E-state index contributed by atoms with van der Waals surface area (Å²) in [6.07, 6.45) is -5.14. The molecule has 8 nitrogen and oxygen atoms in total. The highest BCUT2D eigenvalue weighted by molar-refractivity contribution is 5.73. The fraction of sp³-hybridized carbons (Fsp3) is 0.458. The van der Waals surface area contributed by atoms with Gasteiger partial charge in [0.25, 0.3) is 0 Å². The Bertz CT molecular complexity index is 983. The standard InChI is InChI=1S/C20H24N2O2.2C2HF3O2/c1-2-4-16(5-3-1)8-11-22-12-19-17(15-24-20(19)13-22)14-23-18-6-9-21-10-7-18;2*3-2(4,5)1(6)7/h1-7,9-10,17,19-20H,8,11-15H2;2*(H,6,7)/t17-,19-,20-;;/m1../s1. The molecule has 38 heavy (non-hydrogen) atoms. The minimum atomic E-state index is -5.08. The SMILES string of the molecule is O=C(O)C(F)(F)F.O=C(O)C(F)(F)F.c1ccc(CCN2C[C@@H]3[C@H](COc4ccncc4)CO[C@@H]3C2)cc1. The van der Waals surface area contributed by atoms with Gasteiger partial charge in [-0.15, -0.1) is 0 Å². The van der Waals surface area contributed by atoms with Crippen LogP contribution in [0, 0.1) is 11.8 Å². The molecule has 2 fully saturated rings. The van der Waals surface area contributed by atoms with Crippen LogP contribution in [0.5, 0.6) is 5.75 Å². The van der Waals surface area contributed by atoms with Gasteiger partial charge in [-0.2, -0.15) is 26.3 Å². The summed E-state index contributed by atoms with van der Waals surface area (Å²) in [5.74, 6) is -3.53. The molecule has 0 bridgehead atoms. The second-order valence-corrected chi connectivity index (χ2v) is 8.39. The molecule has 1 aromatic carbocycles. The average Bonchev–Trinajstić information content (AvgIpc) is 3.43. The third kappa shape index (κ3) is 10.5. The molecular weight excluding hydrogens is 526 g/mol. The summed E-state index contributed by atoms with van der Waals surface area (Å²) in [7, 11) is 0. The third-order valence-corrected chi connectivity index (χ3v) is 5.67. The summed E-state index contributed by atoms with van der Waals surface area (Å²) in [4.78, 5) is 24.4. The minimum absolute atomic E-state index is 0.381. The lowest BCUT2D eigenvalue weighted by Gasteiger charge is -2.20. The van der Waals surface area contributed by atoms with Gasteiger partial charge in [-0.25, -0.2) is 9.59 Å². The zero-order valence-corrected chi connectivity index (χ0v) is 19.9. The monoisotopic (exact) mass is 552 g/mol. The Morgan fingerprint density at radius 3 is 2.03 bits per heavy atom. The summed E-state index contributed by atoms with van der Waals surface area (Å²) in [6.45, 7) is 4.86. The molecule has 0 aliphatic carbocycles. The third-order valence-electron chi connectivity index (χ3n) is 5.67. The molecule has 2 aromatic rings. The van der Waals surface area contributed by atoms with Gasteiger partial charge < -0.3 is 24.6 Å². The van der Waals surface area contributed by atoms with E-state index in [1.807, 2.05) is 12.1 Å². The molecule has 2 aliphatic rings. The van der Waals surface area contributed by atoms with Crippen LogP contribution in [0.25, 0.3) is 0 Å². The molecule has 4 rings (SSSR count). The normalized spacial score (nSPS) is 20.8.